The highest BCUT2D eigenvalue weighted by Gasteiger charge is 2.22. The standard InChI is InChI=1S/C23H24N2O4/c1-16(2)19-7-3-4-8-20(19)23-17(6-5-9-21(23)25(28)29)10-11-22(27)24-14-12-18(26)13-15-24/h3-11,16H,12-15H2,1-2H3/b11-10+. The SMILES string of the molecule is CC(C)c1ccccc1-c1c(/C=C/C(=O)N2CCC(=O)CC2)cccc1[N+](=O)[O-]. The largest absolute Gasteiger partial charge is 0.338 e. The van der Waals surface area contributed by atoms with Crippen molar-refractivity contribution >= 4 is 23.5 Å². The molecule has 1 heterocycles. The second-order valence-corrected chi connectivity index (χ2v) is 7.44. The van der Waals surface area contributed by atoms with Crippen LogP contribution in [0.2, 0.25) is 0 Å². The summed E-state index contributed by atoms with van der Waals surface area (Å²) in [5, 5.41) is 11.7. The first-order chi connectivity index (χ1) is 13.9. The Morgan fingerprint density at radius 2 is 1.79 bits per heavy atom. The number of nitrogens with zero attached hydrogens (tertiary/aromatic N) is 2. The van der Waals surface area contributed by atoms with Gasteiger partial charge in [-0.1, -0.05) is 50.2 Å². The zero-order chi connectivity index (χ0) is 21.0. The van der Waals surface area contributed by atoms with Gasteiger partial charge in [0.05, 0.1) is 10.5 Å². The van der Waals surface area contributed by atoms with E-state index in [1.807, 2.05) is 38.1 Å². The lowest BCUT2D eigenvalue weighted by Crippen LogP contribution is -2.37. The third-order valence-corrected chi connectivity index (χ3v) is 5.16. The Labute approximate surface area is 170 Å². The van der Waals surface area contributed by atoms with Gasteiger partial charge in [-0.3, -0.25) is 19.7 Å². The fraction of sp³-hybridized carbons (Fsp3) is 0.304. The number of carbonyl (C=O) groups excluding carboxylic acids is 2. The summed E-state index contributed by atoms with van der Waals surface area (Å²) in [6.45, 7) is 4.93. The van der Waals surface area contributed by atoms with Gasteiger partial charge in [0.2, 0.25) is 5.91 Å². The van der Waals surface area contributed by atoms with Gasteiger partial charge in [0, 0.05) is 38.1 Å². The van der Waals surface area contributed by atoms with E-state index in [1.165, 1.54) is 12.1 Å². The fourth-order valence-corrected chi connectivity index (χ4v) is 3.61. The van der Waals surface area contributed by atoms with Gasteiger partial charge in [-0.25, -0.2) is 0 Å². The molecule has 6 heteroatoms. The summed E-state index contributed by atoms with van der Waals surface area (Å²) < 4.78 is 0. The fourth-order valence-electron chi connectivity index (χ4n) is 3.61. The van der Waals surface area contributed by atoms with Crippen molar-refractivity contribution in [2.24, 2.45) is 0 Å². The number of hydrogen-bond donors (Lipinski definition) is 0. The second-order valence-electron chi connectivity index (χ2n) is 7.44. The van der Waals surface area contributed by atoms with Crippen molar-refractivity contribution in [3.63, 3.8) is 0 Å². The van der Waals surface area contributed by atoms with Crippen LogP contribution in [0.5, 0.6) is 0 Å². The molecule has 0 aliphatic carbocycles. The van der Waals surface area contributed by atoms with Crippen LogP contribution in [0.25, 0.3) is 17.2 Å². The monoisotopic (exact) mass is 392 g/mol. The molecular weight excluding hydrogens is 368 g/mol. The number of nitro groups is 1. The van der Waals surface area contributed by atoms with Gasteiger partial charge < -0.3 is 4.90 Å². The number of nitro benzene ring substituents is 1. The van der Waals surface area contributed by atoms with Gasteiger partial charge in [-0.2, -0.15) is 0 Å². The summed E-state index contributed by atoms with van der Waals surface area (Å²) >= 11 is 0. The quantitative estimate of drug-likeness (QED) is 0.423. The Kier molecular flexibility index (Phi) is 6.22. The van der Waals surface area contributed by atoms with Crippen LogP contribution in [0.15, 0.2) is 48.5 Å². The first-order valence-corrected chi connectivity index (χ1v) is 9.74. The summed E-state index contributed by atoms with van der Waals surface area (Å²) in [5.74, 6) is 0.173. The van der Waals surface area contributed by atoms with E-state index in [-0.39, 0.29) is 28.2 Å². The first kappa shape index (κ1) is 20.5. The lowest BCUT2D eigenvalue weighted by molar-refractivity contribution is -0.384. The number of likely N-dealkylation sites (tertiary alicyclic amines) is 1. The van der Waals surface area contributed by atoms with Crippen molar-refractivity contribution in [3.8, 4) is 11.1 Å². The summed E-state index contributed by atoms with van der Waals surface area (Å²) in [6.07, 6.45) is 3.83. The van der Waals surface area contributed by atoms with Crippen molar-refractivity contribution in [3.05, 3.63) is 69.8 Å². The normalized spacial score (nSPS) is 14.6. The van der Waals surface area contributed by atoms with Gasteiger partial charge in [0.1, 0.15) is 5.78 Å². The number of benzene rings is 2. The van der Waals surface area contributed by atoms with Gasteiger partial charge >= 0.3 is 0 Å². The van der Waals surface area contributed by atoms with E-state index in [0.29, 0.717) is 37.1 Å². The molecule has 2 aromatic carbocycles. The highest BCUT2D eigenvalue weighted by Crippen LogP contribution is 2.38. The van der Waals surface area contributed by atoms with Crippen LogP contribution in [0.4, 0.5) is 5.69 Å². The third kappa shape index (κ3) is 4.59. The Morgan fingerprint density at radius 1 is 1.10 bits per heavy atom. The number of ketones is 1. The lowest BCUT2D eigenvalue weighted by Gasteiger charge is -2.24. The van der Waals surface area contributed by atoms with E-state index in [1.54, 1.807) is 23.1 Å². The summed E-state index contributed by atoms with van der Waals surface area (Å²) in [5.41, 5.74) is 2.95. The van der Waals surface area contributed by atoms with Crippen LogP contribution < -0.4 is 0 Å². The van der Waals surface area contributed by atoms with Gasteiger partial charge in [-0.15, -0.1) is 0 Å². The summed E-state index contributed by atoms with van der Waals surface area (Å²) in [4.78, 5) is 36.9. The van der Waals surface area contributed by atoms with Crippen molar-refractivity contribution in [2.45, 2.75) is 32.6 Å². The van der Waals surface area contributed by atoms with Crippen LogP contribution in [-0.4, -0.2) is 34.6 Å². The molecule has 6 nitrogen and oxygen atoms in total. The Morgan fingerprint density at radius 3 is 2.45 bits per heavy atom. The summed E-state index contributed by atoms with van der Waals surface area (Å²) in [7, 11) is 0. The predicted molar refractivity (Wildman–Crippen MR) is 112 cm³/mol. The molecule has 150 valence electrons. The van der Waals surface area contributed by atoms with Crippen LogP contribution in [0.3, 0.4) is 0 Å². The molecule has 0 N–H and O–H groups in total. The molecule has 29 heavy (non-hydrogen) atoms. The van der Waals surface area contributed by atoms with E-state index in [4.69, 9.17) is 0 Å². The molecule has 3 rings (SSSR count). The molecule has 0 atom stereocenters. The maximum absolute atomic E-state index is 12.5. The van der Waals surface area contributed by atoms with Crippen LogP contribution in [0, 0.1) is 10.1 Å². The molecule has 1 saturated heterocycles. The van der Waals surface area contributed by atoms with E-state index in [2.05, 4.69) is 0 Å². The number of hydrogen-bond acceptors (Lipinski definition) is 4. The molecular formula is C23H24N2O4. The zero-order valence-electron chi connectivity index (χ0n) is 16.6. The molecule has 0 radical (unpaired) electrons. The van der Waals surface area contributed by atoms with Gasteiger partial charge in [-0.05, 0) is 28.7 Å². The minimum absolute atomic E-state index is 0.0104. The maximum atomic E-state index is 12.5. The molecule has 0 bridgehead atoms. The Bertz CT molecular complexity index is 969. The number of carbonyl (C=O) groups is 2. The molecule has 1 fully saturated rings. The topological polar surface area (TPSA) is 80.5 Å². The molecule has 0 spiro atoms. The second kappa shape index (κ2) is 8.82. The van der Waals surface area contributed by atoms with Crippen molar-refractivity contribution in [1.29, 1.82) is 0 Å². The number of piperidine rings is 1. The molecule has 0 unspecified atom stereocenters. The van der Waals surface area contributed by atoms with Gasteiger partial charge in [0.25, 0.3) is 5.69 Å². The molecule has 1 aliphatic rings. The third-order valence-electron chi connectivity index (χ3n) is 5.16. The number of amides is 1. The Balaban J connectivity index is 2.02. The smallest absolute Gasteiger partial charge is 0.277 e. The van der Waals surface area contributed by atoms with E-state index < -0.39 is 0 Å². The van der Waals surface area contributed by atoms with E-state index in [9.17, 15) is 19.7 Å². The van der Waals surface area contributed by atoms with Gasteiger partial charge in [0.15, 0.2) is 0 Å². The molecule has 2 aromatic rings. The Hall–Kier alpha value is -3.28. The highest BCUT2D eigenvalue weighted by molar-refractivity contribution is 5.95. The minimum atomic E-state index is -0.387. The lowest BCUT2D eigenvalue weighted by atomic mass is 9.89. The number of rotatable bonds is 5. The number of Topliss-reactive ketones (excluding diaryl/α,β-unsaturated/α-hetero) is 1. The molecule has 1 amide bonds. The predicted octanol–water partition coefficient (Wildman–Crippen LogP) is 4.59. The van der Waals surface area contributed by atoms with Crippen molar-refractivity contribution in [1.82, 2.24) is 4.90 Å². The van der Waals surface area contributed by atoms with E-state index in [0.717, 1.165) is 11.1 Å². The summed E-state index contributed by atoms with van der Waals surface area (Å²) in [6, 6.07) is 12.5. The van der Waals surface area contributed by atoms with Crippen molar-refractivity contribution < 1.29 is 14.5 Å². The average Bonchev–Trinajstić information content (AvgIpc) is 2.72. The zero-order valence-corrected chi connectivity index (χ0v) is 16.6. The van der Waals surface area contributed by atoms with E-state index >= 15 is 0 Å². The van der Waals surface area contributed by atoms with Crippen LogP contribution >= 0.6 is 0 Å². The maximum Gasteiger partial charge on any atom is 0.277 e. The first-order valence-electron chi connectivity index (χ1n) is 9.74. The van der Waals surface area contributed by atoms with Crippen molar-refractivity contribution in [2.75, 3.05) is 13.1 Å². The average molecular weight is 392 g/mol. The van der Waals surface area contributed by atoms with Crippen LogP contribution in [0.1, 0.15) is 43.7 Å². The molecule has 0 aromatic heterocycles. The highest BCUT2D eigenvalue weighted by atomic mass is 16.6. The van der Waals surface area contributed by atoms with Crippen LogP contribution in [-0.2, 0) is 9.59 Å². The molecule has 1 aliphatic heterocycles. The minimum Gasteiger partial charge on any atom is -0.338 e. The molecule has 0 saturated carbocycles.